The molecule has 1 fully saturated rings. The Hall–Kier alpha value is -0.830. The van der Waals surface area contributed by atoms with Gasteiger partial charge in [-0.05, 0) is 38.8 Å². The van der Waals surface area contributed by atoms with Gasteiger partial charge in [0.05, 0.1) is 5.92 Å². The molecule has 2 nitrogen and oxygen atoms in total. The van der Waals surface area contributed by atoms with Crippen molar-refractivity contribution in [3.05, 3.63) is 21.9 Å². The van der Waals surface area contributed by atoms with Crippen LogP contribution in [-0.4, -0.2) is 23.9 Å². The van der Waals surface area contributed by atoms with Gasteiger partial charge in [-0.15, -0.1) is 11.3 Å². The lowest BCUT2D eigenvalue weighted by Crippen LogP contribution is -2.31. The van der Waals surface area contributed by atoms with E-state index in [-0.39, 0.29) is 5.92 Å². The molecule has 0 N–H and O–H groups in total. The molecule has 0 saturated carbocycles. The van der Waals surface area contributed by atoms with Crippen LogP contribution in [0.5, 0.6) is 0 Å². The molecule has 0 radical (unpaired) electrons. The van der Waals surface area contributed by atoms with Crippen LogP contribution in [0.15, 0.2) is 12.1 Å². The summed E-state index contributed by atoms with van der Waals surface area (Å²) in [5.41, 5.74) is 0. The highest BCUT2D eigenvalue weighted by Gasteiger charge is 2.24. The molecule has 1 aromatic rings. The van der Waals surface area contributed by atoms with Gasteiger partial charge in [0.1, 0.15) is 0 Å². The van der Waals surface area contributed by atoms with Gasteiger partial charge in [0.2, 0.25) is 5.91 Å². The molecule has 0 aliphatic carbocycles. The van der Waals surface area contributed by atoms with E-state index in [9.17, 15) is 4.79 Å². The van der Waals surface area contributed by atoms with Crippen molar-refractivity contribution in [2.75, 3.05) is 13.1 Å². The minimum absolute atomic E-state index is 0.0433. The number of carbonyl (C=O) groups excluding carboxylic acids is 1. The van der Waals surface area contributed by atoms with E-state index in [1.54, 1.807) is 11.3 Å². The van der Waals surface area contributed by atoms with Crippen LogP contribution in [0.1, 0.15) is 35.4 Å². The van der Waals surface area contributed by atoms with Crippen LogP contribution in [0, 0.1) is 6.92 Å². The number of thiophene rings is 1. The Morgan fingerprint density at radius 2 is 2.07 bits per heavy atom. The average molecular weight is 223 g/mol. The molecule has 82 valence electrons. The van der Waals surface area contributed by atoms with Crippen LogP contribution < -0.4 is 0 Å². The highest BCUT2D eigenvalue weighted by atomic mass is 32.1. The lowest BCUT2D eigenvalue weighted by atomic mass is 10.1. The summed E-state index contributed by atoms with van der Waals surface area (Å²) in [6.45, 7) is 6.01. The summed E-state index contributed by atoms with van der Waals surface area (Å²) in [5.74, 6) is 0.344. The molecular formula is C12H17NOS. The van der Waals surface area contributed by atoms with Crippen LogP contribution in [0.2, 0.25) is 0 Å². The van der Waals surface area contributed by atoms with Crippen LogP contribution in [0.3, 0.4) is 0 Å². The Labute approximate surface area is 94.9 Å². The highest BCUT2D eigenvalue weighted by molar-refractivity contribution is 7.12. The predicted octanol–water partition coefficient (Wildman–Crippen LogP) is 2.78. The number of carbonyl (C=O) groups is 1. The molecular weight excluding hydrogens is 206 g/mol. The number of hydrogen-bond donors (Lipinski definition) is 0. The summed E-state index contributed by atoms with van der Waals surface area (Å²) in [6.07, 6.45) is 2.34. The van der Waals surface area contributed by atoms with Crippen molar-refractivity contribution in [2.45, 2.75) is 32.6 Å². The van der Waals surface area contributed by atoms with Gasteiger partial charge in [0, 0.05) is 22.8 Å². The van der Waals surface area contributed by atoms with Crippen molar-refractivity contribution < 1.29 is 4.79 Å². The first-order valence-corrected chi connectivity index (χ1v) is 6.35. The number of amides is 1. The van der Waals surface area contributed by atoms with Gasteiger partial charge in [-0.1, -0.05) is 0 Å². The van der Waals surface area contributed by atoms with E-state index in [0.717, 1.165) is 13.1 Å². The zero-order valence-electron chi connectivity index (χ0n) is 9.32. The third-order valence-electron chi connectivity index (χ3n) is 2.98. The van der Waals surface area contributed by atoms with Gasteiger partial charge >= 0.3 is 0 Å². The maximum Gasteiger partial charge on any atom is 0.230 e. The zero-order chi connectivity index (χ0) is 10.8. The van der Waals surface area contributed by atoms with Crippen molar-refractivity contribution in [2.24, 2.45) is 0 Å². The molecule has 1 aromatic heterocycles. The molecule has 1 unspecified atom stereocenters. The fraction of sp³-hybridized carbons (Fsp3) is 0.583. The topological polar surface area (TPSA) is 20.3 Å². The summed E-state index contributed by atoms with van der Waals surface area (Å²) in [7, 11) is 0. The number of nitrogens with zero attached hydrogens (tertiary/aromatic N) is 1. The van der Waals surface area contributed by atoms with Gasteiger partial charge in [-0.25, -0.2) is 0 Å². The predicted molar refractivity (Wildman–Crippen MR) is 63.3 cm³/mol. The number of likely N-dealkylation sites (tertiary alicyclic amines) is 1. The van der Waals surface area contributed by atoms with Crippen molar-refractivity contribution in [1.82, 2.24) is 4.90 Å². The first-order valence-electron chi connectivity index (χ1n) is 5.53. The molecule has 0 bridgehead atoms. The summed E-state index contributed by atoms with van der Waals surface area (Å²) in [4.78, 5) is 16.6. The van der Waals surface area contributed by atoms with Gasteiger partial charge in [-0.3, -0.25) is 4.79 Å². The zero-order valence-corrected chi connectivity index (χ0v) is 10.1. The fourth-order valence-corrected chi connectivity index (χ4v) is 2.94. The molecule has 0 aromatic carbocycles. The summed E-state index contributed by atoms with van der Waals surface area (Å²) in [5, 5.41) is 0. The van der Waals surface area contributed by atoms with Crippen molar-refractivity contribution in [3.63, 3.8) is 0 Å². The number of hydrogen-bond acceptors (Lipinski definition) is 2. The van der Waals surface area contributed by atoms with Crippen LogP contribution in [0.4, 0.5) is 0 Å². The third kappa shape index (κ3) is 2.23. The molecule has 2 heterocycles. The maximum absolute atomic E-state index is 12.1. The second kappa shape index (κ2) is 4.35. The maximum atomic E-state index is 12.1. The molecule has 3 heteroatoms. The monoisotopic (exact) mass is 223 g/mol. The lowest BCUT2D eigenvalue weighted by molar-refractivity contribution is -0.131. The van der Waals surface area contributed by atoms with E-state index in [4.69, 9.17) is 0 Å². The first-order chi connectivity index (χ1) is 7.18. The summed E-state index contributed by atoms with van der Waals surface area (Å²) < 4.78 is 0. The Kier molecular flexibility index (Phi) is 3.10. The van der Waals surface area contributed by atoms with E-state index < -0.39 is 0 Å². The third-order valence-corrected chi connectivity index (χ3v) is 4.16. The molecule has 1 aliphatic rings. The standard InChI is InChI=1S/C12H17NOS/c1-9-5-6-11(15-9)10(2)12(14)13-7-3-4-8-13/h5-6,10H,3-4,7-8H2,1-2H3. The average Bonchev–Trinajstić information content (AvgIpc) is 2.85. The Morgan fingerprint density at radius 1 is 1.40 bits per heavy atom. The van der Waals surface area contributed by atoms with E-state index in [0.29, 0.717) is 5.91 Å². The SMILES string of the molecule is Cc1ccc(C(C)C(=O)N2CCCC2)s1. The normalized spacial score (nSPS) is 18.1. The molecule has 1 amide bonds. The van der Waals surface area contributed by atoms with Crippen molar-refractivity contribution in [3.8, 4) is 0 Å². The van der Waals surface area contributed by atoms with Gasteiger partial charge in [0.25, 0.3) is 0 Å². The largest absolute Gasteiger partial charge is 0.342 e. The molecule has 15 heavy (non-hydrogen) atoms. The number of rotatable bonds is 2. The highest BCUT2D eigenvalue weighted by Crippen LogP contribution is 2.26. The van der Waals surface area contributed by atoms with E-state index in [1.807, 2.05) is 11.8 Å². The second-order valence-electron chi connectivity index (χ2n) is 4.20. The Morgan fingerprint density at radius 3 is 2.60 bits per heavy atom. The molecule has 0 spiro atoms. The Bertz CT molecular complexity index is 352. The quantitative estimate of drug-likeness (QED) is 0.755. The second-order valence-corrected chi connectivity index (χ2v) is 5.52. The minimum Gasteiger partial charge on any atom is -0.342 e. The number of aryl methyl sites for hydroxylation is 1. The van der Waals surface area contributed by atoms with Crippen LogP contribution >= 0.6 is 11.3 Å². The van der Waals surface area contributed by atoms with E-state index in [2.05, 4.69) is 19.1 Å². The minimum atomic E-state index is 0.0433. The molecule has 1 atom stereocenters. The first kappa shape index (κ1) is 10.7. The molecule has 1 saturated heterocycles. The van der Waals surface area contributed by atoms with E-state index in [1.165, 1.54) is 22.6 Å². The fourth-order valence-electron chi connectivity index (χ4n) is 2.02. The van der Waals surface area contributed by atoms with Crippen molar-refractivity contribution >= 4 is 17.2 Å². The van der Waals surface area contributed by atoms with Gasteiger partial charge in [-0.2, -0.15) is 0 Å². The van der Waals surface area contributed by atoms with Crippen LogP contribution in [-0.2, 0) is 4.79 Å². The van der Waals surface area contributed by atoms with Crippen molar-refractivity contribution in [1.29, 1.82) is 0 Å². The molecule has 1 aliphatic heterocycles. The van der Waals surface area contributed by atoms with Crippen LogP contribution in [0.25, 0.3) is 0 Å². The summed E-state index contributed by atoms with van der Waals surface area (Å²) >= 11 is 1.74. The Balaban J connectivity index is 2.06. The molecule has 2 rings (SSSR count). The van der Waals surface area contributed by atoms with E-state index >= 15 is 0 Å². The summed E-state index contributed by atoms with van der Waals surface area (Å²) in [6, 6.07) is 4.17. The lowest BCUT2D eigenvalue weighted by Gasteiger charge is -2.19. The van der Waals surface area contributed by atoms with Gasteiger partial charge < -0.3 is 4.90 Å². The smallest absolute Gasteiger partial charge is 0.230 e. The van der Waals surface area contributed by atoms with Gasteiger partial charge in [0.15, 0.2) is 0 Å².